The maximum absolute atomic E-state index is 6.07. The lowest BCUT2D eigenvalue weighted by Gasteiger charge is -2.39. The van der Waals surface area contributed by atoms with Gasteiger partial charge in [0.25, 0.3) is 0 Å². The molecule has 3 heterocycles. The molecule has 1 spiro atoms. The Morgan fingerprint density at radius 2 is 2.00 bits per heavy atom. The molecule has 98 valence electrons. The van der Waals surface area contributed by atoms with Crippen molar-refractivity contribution in [1.29, 1.82) is 0 Å². The number of rotatable bonds is 1. The van der Waals surface area contributed by atoms with Gasteiger partial charge in [-0.3, -0.25) is 0 Å². The number of ether oxygens (including phenoxy) is 2. The molecule has 0 aromatic carbocycles. The molecule has 3 rings (SSSR count). The molecule has 0 radical (unpaired) electrons. The summed E-state index contributed by atoms with van der Waals surface area (Å²) < 4.78 is 11.5. The van der Waals surface area contributed by atoms with Crippen molar-refractivity contribution in [3.05, 3.63) is 16.4 Å². The molecule has 1 aromatic heterocycles. The SMILES string of the molecule is Clc1cc(N2CCCC3(C2)OCCO3)c(Cl)nn1. The number of aromatic nitrogens is 2. The summed E-state index contributed by atoms with van der Waals surface area (Å²) in [5, 5.41) is 8.24. The minimum absolute atomic E-state index is 0.335. The van der Waals surface area contributed by atoms with Crippen LogP contribution in [0.5, 0.6) is 0 Å². The molecular weight excluding hydrogens is 277 g/mol. The average Bonchev–Trinajstić information content (AvgIpc) is 2.80. The first kappa shape index (κ1) is 12.4. The zero-order valence-electron chi connectivity index (χ0n) is 9.73. The number of anilines is 1. The second kappa shape index (κ2) is 4.81. The Bertz CT molecular complexity index is 452. The smallest absolute Gasteiger partial charge is 0.186 e. The number of hydrogen-bond donors (Lipinski definition) is 0. The van der Waals surface area contributed by atoms with Crippen LogP contribution in [-0.2, 0) is 9.47 Å². The minimum Gasteiger partial charge on any atom is -0.363 e. The third-order valence-corrected chi connectivity index (χ3v) is 3.73. The van der Waals surface area contributed by atoms with Gasteiger partial charge in [-0.15, -0.1) is 10.2 Å². The molecule has 2 fully saturated rings. The predicted octanol–water partition coefficient (Wildman–Crippen LogP) is 2.13. The highest BCUT2D eigenvalue weighted by Gasteiger charge is 2.41. The Kier molecular flexibility index (Phi) is 3.32. The first-order chi connectivity index (χ1) is 8.69. The third kappa shape index (κ3) is 2.28. The molecule has 0 bridgehead atoms. The van der Waals surface area contributed by atoms with Crippen molar-refractivity contribution in [2.75, 3.05) is 31.2 Å². The van der Waals surface area contributed by atoms with Crippen molar-refractivity contribution < 1.29 is 9.47 Å². The number of hydrogen-bond acceptors (Lipinski definition) is 5. The molecule has 18 heavy (non-hydrogen) atoms. The van der Waals surface area contributed by atoms with E-state index in [1.165, 1.54) is 0 Å². The molecule has 0 amide bonds. The monoisotopic (exact) mass is 289 g/mol. The molecule has 1 aromatic rings. The quantitative estimate of drug-likeness (QED) is 0.793. The van der Waals surface area contributed by atoms with Crippen LogP contribution in [0.1, 0.15) is 12.8 Å². The topological polar surface area (TPSA) is 47.5 Å². The van der Waals surface area contributed by atoms with Gasteiger partial charge in [0, 0.05) is 19.0 Å². The van der Waals surface area contributed by atoms with Gasteiger partial charge in [-0.05, 0) is 6.42 Å². The summed E-state index contributed by atoms with van der Waals surface area (Å²) in [6, 6.07) is 1.73. The highest BCUT2D eigenvalue weighted by Crippen LogP contribution is 2.35. The maximum Gasteiger partial charge on any atom is 0.186 e. The fraction of sp³-hybridized carbons (Fsp3) is 0.636. The minimum atomic E-state index is -0.489. The summed E-state index contributed by atoms with van der Waals surface area (Å²) in [6.07, 6.45) is 1.89. The van der Waals surface area contributed by atoms with Gasteiger partial charge in [0.1, 0.15) is 0 Å². The Labute approximate surface area is 115 Å². The molecule has 0 aliphatic carbocycles. The van der Waals surface area contributed by atoms with E-state index in [-0.39, 0.29) is 0 Å². The van der Waals surface area contributed by atoms with Gasteiger partial charge < -0.3 is 14.4 Å². The predicted molar refractivity (Wildman–Crippen MR) is 68.1 cm³/mol. The zero-order chi connectivity index (χ0) is 12.6. The van der Waals surface area contributed by atoms with Gasteiger partial charge in [-0.25, -0.2) is 0 Å². The van der Waals surface area contributed by atoms with Crippen molar-refractivity contribution in [3.8, 4) is 0 Å². The van der Waals surface area contributed by atoms with Gasteiger partial charge in [-0.2, -0.15) is 0 Å². The second-order valence-electron chi connectivity index (χ2n) is 4.48. The summed E-state index contributed by atoms with van der Waals surface area (Å²) in [7, 11) is 0. The Balaban J connectivity index is 1.85. The van der Waals surface area contributed by atoms with E-state index in [1.54, 1.807) is 6.07 Å². The van der Waals surface area contributed by atoms with Crippen LogP contribution in [0.2, 0.25) is 10.3 Å². The first-order valence-corrected chi connectivity index (χ1v) is 6.66. The molecule has 5 nitrogen and oxygen atoms in total. The molecule has 0 unspecified atom stereocenters. The van der Waals surface area contributed by atoms with Crippen molar-refractivity contribution in [2.24, 2.45) is 0 Å². The summed E-state index contributed by atoms with van der Waals surface area (Å²) in [5.41, 5.74) is 0.787. The lowest BCUT2D eigenvalue weighted by molar-refractivity contribution is -0.161. The van der Waals surface area contributed by atoms with Gasteiger partial charge >= 0.3 is 0 Å². The Morgan fingerprint density at radius 3 is 2.78 bits per heavy atom. The number of halogens is 2. The number of piperidine rings is 1. The van der Waals surface area contributed by atoms with Crippen molar-refractivity contribution in [1.82, 2.24) is 10.2 Å². The summed E-state index contributed by atoms with van der Waals surface area (Å²) >= 11 is 11.9. The van der Waals surface area contributed by atoms with Crippen LogP contribution in [-0.4, -0.2) is 42.3 Å². The van der Waals surface area contributed by atoms with E-state index in [9.17, 15) is 0 Å². The van der Waals surface area contributed by atoms with Gasteiger partial charge in [0.2, 0.25) is 0 Å². The van der Waals surface area contributed by atoms with Crippen LogP contribution < -0.4 is 4.90 Å². The fourth-order valence-electron chi connectivity index (χ4n) is 2.49. The van der Waals surface area contributed by atoms with Crippen LogP contribution in [0.25, 0.3) is 0 Å². The van der Waals surface area contributed by atoms with Crippen LogP contribution in [0.3, 0.4) is 0 Å². The fourth-order valence-corrected chi connectivity index (χ4v) is 2.85. The highest BCUT2D eigenvalue weighted by molar-refractivity contribution is 6.33. The second-order valence-corrected chi connectivity index (χ2v) is 5.22. The van der Waals surface area contributed by atoms with Crippen LogP contribution in [0.4, 0.5) is 5.69 Å². The van der Waals surface area contributed by atoms with E-state index in [4.69, 9.17) is 32.7 Å². The third-order valence-electron chi connectivity index (χ3n) is 3.27. The molecule has 0 saturated carbocycles. The molecule has 0 N–H and O–H groups in total. The summed E-state index contributed by atoms with van der Waals surface area (Å²) in [4.78, 5) is 2.09. The van der Waals surface area contributed by atoms with Crippen molar-refractivity contribution >= 4 is 28.9 Å². The molecular formula is C11H13Cl2N3O2. The lowest BCUT2D eigenvalue weighted by Crippen LogP contribution is -2.49. The van der Waals surface area contributed by atoms with Gasteiger partial charge in [0.15, 0.2) is 16.1 Å². The molecule has 0 atom stereocenters. The van der Waals surface area contributed by atoms with Crippen molar-refractivity contribution in [3.63, 3.8) is 0 Å². The van der Waals surface area contributed by atoms with E-state index in [0.29, 0.717) is 30.1 Å². The van der Waals surface area contributed by atoms with Crippen LogP contribution in [0.15, 0.2) is 6.07 Å². The van der Waals surface area contributed by atoms with Gasteiger partial charge in [-0.1, -0.05) is 23.2 Å². The standard InChI is InChI=1S/C11H13Cl2N3O2/c12-9-6-8(10(13)15-14-9)16-3-1-2-11(7-16)17-4-5-18-11/h6H,1-5,7H2. The normalized spacial score (nSPS) is 22.7. The highest BCUT2D eigenvalue weighted by atomic mass is 35.5. The Hall–Kier alpha value is -0.620. The molecule has 2 saturated heterocycles. The molecule has 2 aliphatic rings. The Morgan fingerprint density at radius 1 is 1.22 bits per heavy atom. The molecule has 2 aliphatic heterocycles. The first-order valence-electron chi connectivity index (χ1n) is 5.90. The van der Waals surface area contributed by atoms with Crippen LogP contribution in [0, 0.1) is 0 Å². The largest absolute Gasteiger partial charge is 0.363 e. The summed E-state index contributed by atoms with van der Waals surface area (Å²) in [6.45, 7) is 2.83. The van der Waals surface area contributed by atoms with E-state index in [0.717, 1.165) is 25.1 Å². The van der Waals surface area contributed by atoms with Crippen molar-refractivity contribution in [2.45, 2.75) is 18.6 Å². The van der Waals surface area contributed by atoms with Crippen LogP contribution >= 0.6 is 23.2 Å². The number of nitrogens with zero attached hydrogens (tertiary/aromatic N) is 3. The van der Waals surface area contributed by atoms with E-state index in [2.05, 4.69) is 15.1 Å². The van der Waals surface area contributed by atoms with E-state index < -0.39 is 5.79 Å². The van der Waals surface area contributed by atoms with E-state index in [1.807, 2.05) is 0 Å². The average molecular weight is 290 g/mol. The lowest BCUT2D eigenvalue weighted by atomic mass is 10.0. The molecule has 7 heteroatoms. The zero-order valence-corrected chi connectivity index (χ0v) is 11.2. The van der Waals surface area contributed by atoms with Gasteiger partial charge in [0.05, 0.1) is 25.4 Å². The van der Waals surface area contributed by atoms with E-state index >= 15 is 0 Å². The summed E-state index contributed by atoms with van der Waals surface area (Å²) in [5.74, 6) is -0.489. The maximum atomic E-state index is 6.07.